The molecule has 0 atom stereocenters. The van der Waals surface area contributed by atoms with Gasteiger partial charge in [-0.05, 0) is 48.8 Å². The second-order valence-electron chi connectivity index (χ2n) is 6.30. The van der Waals surface area contributed by atoms with Gasteiger partial charge in [-0.1, -0.05) is 6.07 Å². The molecule has 0 saturated heterocycles. The first-order chi connectivity index (χ1) is 12.4. The number of hydrogen-bond acceptors (Lipinski definition) is 4. The maximum absolute atomic E-state index is 5.68. The van der Waals surface area contributed by atoms with Gasteiger partial charge in [-0.2, -0.15) is 0 Å². The summed E-state index contributed by atoms with van der Waals surface area (Å²) in [5.74, 6) is 2.67. The Balaban J connectivity index is 0.00000243. The minimum absolute atomic E-state index is 0. The fraction of sp³-hybridized carbons (Fsp3) is 0.526. The van der Waals surface area contributed by atoms with Crippen molar-refractivity contribution in [2.24, 2.45) is 10.9 Å². The highest BCUT2D eigenvalue weighted by Gasteiger charge is 2.20. The van der Waals surface area contributed by atoms with Gasteiger partial charge in [0, 0.05) is 37.6 Å². The SMILES string of the molecule is I.c1coc(CCNC(=NCc2cccs2)NCCCOCC2CC2)c1. The average molecular weight is 489 g/mol. The lowest BCUT2D eigenvalue weighted by atomic mass is 10.3. The minimum Gasteiger partial charge on any atom is -0.469 e. The molecule has 3 rings (SSSR count). The van der Waals surface area contributed by atoms with Crippen molar-refractivity contribution in [1.29, 1.82) is 0 Å². The van der Waals surface area contributed by atoms with E-state index in [1.54, 1.807) is 17.6 Å². The summed E-state index contributed by atoms with van der Waals surface area (Å²) < 4.78 is 11.0. The highest BCUT2D eigenvalue weighted by molar-refractivity contribution is 14.0. The first-order valence-electron chi connectivity index (χ1n) is 9.05. The first kappa shape index (κ1) is 21.2. The number of thiophene rings is 1. The zero-order chi connectivity index (χ0) is 17.2. The number of nitrogens with zero attached hydrogens (tertiary/aromatic N) is 1. The van der Waals surface area contributed by atoms with Crippen molar-refractivity contribution in [3.63, 3.8) is 0 Å². The van der Waals surface area contributed by atoms with E-state index in [4.69, 9.17) is 9.15 Å². The molecular formula is C19H28IN3O2S. The molecule has 0 unspecified atom stereocenters. The van der Waals surface area contributed by atoms with E-state index in [2.05, 4.69) is 33.1 Å². The number of aliphatic imine (C=N–C) groups is 1. The summed E-state index contributed by atoms with van der Waals surface area (Å²) in [5.41, 5.74) is 0. The molecule has 1 aliphatic carbocycles. The monoisotopic (exact) mass is 489 g/mol. The van der Waals surface area contributed by atoms with Crippen molar-refractivity contribution in [2.45, 2.75) is 32.2 Å². The van der Waals surface area contributed by atoms with Crippen LogP contribution >= 0.6 is 35.3 Å². The third-order valence-corrected chi connectivity index (χ3v) is 4.89. The zero-order valence-corrected chi connectivity index (χ0v) is 18.1. The van der Waals surface area contributed by atoms with E-state index < -0.39 is 0 Å². The molecule has 7 heteroatoms. The van der Waals surface area contributed by atoms with Gasteiger partial charge < -0.3 is 19.8 Å². The molecule has 26 heavy (non-hydrogen) atoms. The van der Waals surface area contributed by atoms with Gasteiger partial charge >= 0.3 is 0 Å². The van der Waals surface area contributed by atoms with Crippen LogP contribution in [0.15, 0.2) is 45.3 Å². The predicted molar refractivity (Wildman–Crippen MR) is 117 cm³/mol. The maximum Gasteiger partial charge on any atom is 0.191 e. The molecule has 2 heterocycles. The van der Waals surface area contributed by atoms with E-state index in [0.29, 0.717) is 6.54 Å². The Labute approximate surface area is 176 Å². The van der Waals surface area contributed by atoms with Gasteiger partial charge in [0.25, 0.3) is 0 Å². The number of halogens is 1. The fourth-order valence-electron chi connectivity index (χ4n) is 2.41. The van der Waals surface area contributed by atoms with Crippen LogP contribution in [0.25, 0.3) is 0 Å². The van der Waals surface area contributed by atoms with Crippen molar-refractivity contribution in [1.82, 2.24) is 10.6 Å². The van der Waals surface area contributed by atoms with Crippen molar-refractivity contribution >= 4 is 41.3 Å². The van der Waals surface area contributed by atoms with Crippen LogP contribution in [0.5, 0.6) is 0 Å². The van der Waals surface area contributed by atoms with E-state index in [9.17, 15) is 0 Å². The van der Waals surface area contributed by atoms with Crippen LogP contribution in [0, 0.1) is 5.92 Å². The third-order valence-electron chi connectivity index (χ3n) is 4.03. The number of guanidine groups is 1. The van der Waals surface area contributed by atoms with E-state index >= 15 is 0 Å². The lowest BCUT2D eigenvalue weighted by molar-refractivity contribution is 0.123. The van der Waals surface area contributed by atoms with Gasteiger partial charge in [-0.15, -0.1) is 35.3 Å². The molecule has 2 N–H and O–H groups in total. The van der Waals surface area contributed by atoms with Crippen molar-refractivity contribution in [2.75, 3.05) is 26.3 Å². The molecule has 2 aromatic heterocycles. The van der Waals surface area contributed by atoms with Gasteiger partial charge in [0.1, 0.15) is 5.76 Å². The van der Waals surface area contributed by atoms with Crippen LogP contribution in [0.2, 0.25) is 0 Å². The van der Waals surface area contributed by atoms with Crippen molar-refractivity contribution in [3.05, 3.63) is 46.5 Å². The first-order valence-corrected chi connectivity index (χ1v) is 9.93. The third kappa shape index (κ3) is 8.55. The molecule has 0 amide bonds. The van der Waals surface area contributed by atoms with Crippen LogP contribution in [0.4, 0.5) is 0 Å². The van der Waals surface area contributed by atoms with Gasteiger partial charge in [-0.25, -0.2) is 4.99 Å². The van der Waals surface area contributed by atoms with Crippen LogP contribution in [-0.2, 0) is 17.7 Å². The van der Waals surface area contributed by atoms with Crippen LogP contribution in [0.1, 0.15) is 29.9 Å². The molecule has 1 fully saturated rings. The molecule has 0 spiro atoms. The standard InChI is InChI=1S/C19H27N3O2S.HI/c1-4-17(24-12-1)8-10-21-19(22-14-18-5-2-13-25-18)20-9-3-11-23-15-16-6-7-16;/h1-2,4-5,12-13,16H,3,6-11,14-15H2,(H2,20,21,22);1H. The molecule has 0 aromatic carbocycles. The Hall–Kier alpha value is -1.06. The number of ether oxygens (including phenoxy) is 1. The Bertz CT molecular complexity index is 613. The number of hydrogen-bond donors (Lipinski definition) is 2. The van der Waals surface area contributed by atoms with Gasteiger partial charge in [0.05, 0.1) is 12.8 Å². The molecule has 0 radical (unpaired) electrons. The smallest absolute Gasteiger partial charge is 0.191 e. The highest BCUT2D eigenvalue weighted by atomic mass is 127. The predicted octanol–water partition coefficient (Wildman–Crippen LogP) is 4.05. The molecule has 2 aromatic rings. The minimum atomic E-state index is 0. The average Bonchev–Trinajstić information content (AvgIpc) is 3.09. The summed E-state index contributed by atoms with van der Waals surface area (Å²) in [6, 6.07) is 8.08. The summed E-state index contributed by atoms with van der Waals surface area (Å²) >= 11 is 1.73. The van der Waals surface area contributed by atoms with E-state index in [1.165, 1.54) is 17.7 Å². The van der Waals surface area contributed by atoms with E-state index in [0.717, 1.165) is 56.8 Å². The lowest BCUT2D eigenvalue weighted by Gasteiger charge is -2.12. The molecule has 0 bridgehead atoms. The molecule has 1 aliphatic rings. The van der Waals surface area contributed by atoms with Gasteiger partial charge in [-0.3, -0.25) is 0 Å². The highest BCUT2D eigenvalue weighted by Crippen LogP contribution is 2.28. The van der Waals surface area contributed by atoms with Crippen LogP contribution in [-0.4, -0.2) is 32.3 Å². The lowest BCUT2D eigenvalue weighted by Crippen LogP contribution is -2.39. The van der Waals surface area contributed by atoms with Crippen LogP contribution < -0.4 is 10.6 Å². The topological polar surface area (TPSA) is 58.8 Å². The van der Waals surface area contributed by atoms with Gasteiger partial charge in [0.2, 0.25) is 0 Å². The summed E-state index contributed by atoms with van der Waals surface area (Å²) in [6.45, 7) is 4.10. The summed E-state index contributed by atoms with van der Waals surface area (Å²) in [4.78, 5) is 5.94. The number of furan rings is 1. The second-order valence-corrected chi connectivity index (χ2v) is 7.33. The number of nitrogens with one attached hydrogen (secondary N) is 2. The zero-order valence-electron chi connectivity index (χ0n) is 15.0. The quantitative estimate of drug-likeness (QED) is 0.217. The van der Waals surface area contributed by atoms with E-state index in [1.807, 2.05) is 12.1 Å². The van der Waals surface area contributed by atoms with Crippen molar-refractivity contribution < 1.29 is 9.15 Å². The Morgan fingerprint density at radius 2 is 2.12 bits per heavy atom. The Morgan fingerprint density at radius 1 is 1.23 bits per heavy atom. The Morgan fingerprint density at radius 3 is 2.85 bits per heavy atom. The largest absolute Gasteiger partial charge is 0.469 e. The van der Waals surface area contributed by atoms with E-state index in [-0.39, 0.29) is 24.0 Å². The van der Waals surface area contributed by atoms with Crippen molar-refractivity contribution in [3.8, 4) is 0 Å². The summed E-state index contributed by atoms with van der Waals surface area (Å²) in [7, 11) is 0. The van der Waals surface area contributed by atoms with Crippen LogP contribution in [0.3, 0.4) is 0 Å². The summed E-state index contributed by atoms with van der Waals surface area (Å²) in [5, 5.41) is 8.86. The molecular weight excluding hydrogens is 461 g/mol. The molecule has 0 aliphatic heterocycles. The molecule has 144 valence electrons. The maximum atomic E-state index is 5.68. The fourth-order valence-corrected chi connectivity index (χ4v) is 3.04. The molecule has 5 nitrogen and oxygen atoms in total. The summed E-state index contributed by atoms with van der Waals surface area (Å²) in [6.07, 6.45) is 6.23. The normalized spacial score (nSPS) is 14.1. The number of rotatable bonds is 11. The second kappa shape index (κ2) is 12.3. The van der Waals surface area contributed by atoms with Gasteiger partial charge in [0.15, 0.2) is 5.96 Å². The molecule has 1 saturated carbocycles. The Kier molecular flexibility index (Phi) is 10.1.